The molecule has 2 heterocycles. The summed E-state index contributed by atoms with van der Waals surface area (Å²) in [4.78, 5) is 27.0. The Kier molecular flexibility index (Phi) is 5.93. The number of carbonyl (C=O) groups excluding carboxylic acids is 2. The van der Waals surface area contributed by atoms with Crippen LogP contribution in [0.3, 0.4) is 0 Å². The van der Waals surface area contributed by atoms with Gasteiger partial charge in [0.15, 0.2) is 0 Å². The quantitative estimate of drug-likeness (QED) is 0.723. The minimum atomic E-state index is -0.534. The van der Waals surface area contributed by atoms with Crippen LogP contribution >= 0.6 is 0 Å². The van der Waals surface area contributed by atoms with Gasteiger partial charge in [-0.05, 0) is 35.8 Å². The molecule has 0 radical (unpaired) electrons. The number of benzene rings is 1. The van der Waals surface area contributed by atoms with Crippen molar-refractivity contribution in [1.29, 1.82) is 0 Å². The van der Waals surface area contributed by atoms with E-state index in [0.29, 0.717) is 26.1 Å². The van der Waals surface area contributed by atoms with Gasteiger partial charge in [-0.2, -0.15) is 0 Å². The summed E-state index contributed by atoms with van der Waals surface area (Å²) in [5.41, 5.74) is 1.03. The van der Waals surface area contributed by atoms with Gasteiger partial charge in [0.2, 0.25) is 5.91 Å². The van der Waals surface area contributed by atoms with Crippen LogP contribution in [0.2, 0.25) is 0 Å². The minimum absolute atomic E-state index is 0.0739. The number of rotatable bonds is 6. The van der Waals surface area contributed by atoms with Gasteiger partial charge in [-0.25, -0.2) is 4.68 Å². The van der Waals surface area contributed by atoms with Gasteiger partial charge in [0.05, 0.1) is 12.5 Å². The van der Waals surface area contributed by atoms with Crippen molar-refractivity contribution in [2.75, 3.05) is 19.7 Å². The Morgan fingerprint density at radius 3 is 2.81 bits per heavy atom. The molecule has 1 saturated heterocycles. The number of amides is 1. The van der Waals surface area contributed by atoms with Crippen LogP contribution in [-0.4, -0.2) is 56.7 Å². The lowest BCUT2D eigenvalue weighted by Gasteiger charge is -2.33. The molecule has 2 aromatic rings. The normalized spacial score (nSPS) is 18.3. The van der Waals surface area contributed by atoms with Crippen molar-refractivity contribution < 1.29 is 14.3 Å². The summed E-state index contributed by atoms with van der Waals surface area (Å²) in [7, 11) is 0. The van der Waals surface area contributed by atoms with Gasteiger partial charge >= 0.3 is 5.97 Å². The molecule has 0 bridgehead atoms. The molecule has 26 heavy (non-hydrogen) atoms. The molecule has 0 aliphatic carbocycles. The zero-order chi connectivity index (χ0) is 18.4. The lowest BCUT2D eigenvalue weighted by molar-refractivity contribution is -0.151. The highest BCUT2D eigenvalue weighted by molar-refractivity contribution is 5.82. The Bertz CT molecular complexity index is 720. The van der Waals surface area contributed by atoms with E-state index in [2.05, 4.69) is 15.5 Å². The first-order chi connectivity index (χ1) is 12.7. The number of likely N-dealkylation sites (tertiary alicyclic amines) is 1. The van der Waals surface area contributed by atoms with Crippen molar-refractivity contribution in [3.8, 4) is 0 Å². The van der Waals surface area contributed by atoms with Crippen LogP contribution in [0.4, 0.5) is 0 Å². The first-order valence-corrected chi connectivity index (χ1v) is 8.91. The number of piperidine rings is 1. The molecule has 1 aromatic heterocycles. The van der Waals surface area contributed by atoms with E-state index in [0.717, 1.165) is 18.4 Å². The van der Waals surface area contributed by atoms with Crippen molar-refractivity contribution in [3.63, 3.8) is 0 Å². The Morgan fingerprint density at radius 1 is 1.31 bits per heavy atom. The summed E-state index contributed by atoms with van der Waals surface area (Å²) in [6.07, 6.45) is 3.48. The van der Waals surface area contributed by atoms with Crippen molar-refractivity contribution >= 4 is 11.9 Å². The van der Waals surface area contributed by atoms with Crippen molar-refractivity contribution in [1.82, 2.24) is 25.1 Å². The Hall–Kier alpha value is -2.77. The lowest BCUT2D eigenvalue weighted by atomic mass is 9.96. The van der Waals surface area contributed by atoms with Crippen molar-refractivity contribution in [2.24, 2.45) is 5.92 Å². The van der Waals surface area contributed by atoms with E-state index >= 15 is 0 Å². The van der Waals surface area contributed by atoms with Gasteiger partial charge in [0, 0.05) is 19.5 Å². The molecule has 2 atom stereocenters. The molecule has 0 saturated carbocycles. The molecule has 8 heteroatoms. The Labute approximate surface area is 152 Å². The predicted octanol–water partition coefficient (Wildman–Crippen LogP) is 1.26. The van der Waals surface area contributed by atoms with E-state index in [4.69, 9.17) is 4.74 Å². The maximum Gasteiger partial charge on any atom is 0.310 e. The van der Waals surface area contributed by atoms with Gasteiger partial charge < -0.3 is 9.64 Å². The van der Waals surface area contributed by atoms with E-state index in [1.54, 1.807) is 11.8 Å². The Balaban J connectivity index is 1.75. The third kappa shape index (κ3) is 4.25. The van der Waals surface area contributed by atoms with Gasteiger partial charge in [-0.15, -0.1) is 5.10 Å². The summed E-state index contributed by atoms with van der Waals surface area (Å²) >= 11 is 0. The summed E-state index contributed by atoms with van der Waals surface area (Å²) in [5, 5.41) is 11.3. The SMILES string of the molecule is CCOC(=O)[C@H]1CCCN(C(=O)[C@@H](Cc2ccccc2)n2cnnn2)C1. The molecule has 8 nitrogen and oxygen atoms in total. The molecule has 1 fully saturated rings. The maximum absolute atomic E-state index is 13.2. The van der Waals surface area contributed by atoms with Crippen LogP contribution in [0.5, 0.6) is 0 Å². The topological polar surface area (TPSA) is 90.2 Å². The van der Waals surface area contributed by atoms with Gasteiger partial charge in [-0.1, -0.05) is 30.3 Å². The lowest BCUT2D eigenvalue weighted by Crippen LogP contribution is -2.46. The van der Waals surface area contributed by atoms with E-state index in [-0.39, 0.29) is 17.8 Å². The average molecular weight is 357 g/mol. The molecule has 3 rings (SSSR count). The molecule has 1 aromatic carbocycles. The maximum atomic E-state index is 13.2. The highest BCUT2D eigenvalue weighted by atomic mass is 16.5. The third-order valence-corrected chi connectivity index (χ3v) is 4.59. The van der Waals surface area contributed by atoms with Crippen molar-refractivity contribution in [2.45, 2.75) is 32.2 Å². The molecule has 138 valence electrons. The molecule has 1 aliphatic heterocycles. The number of hydrogen-bond donors (Lipinski definition) is 0. The van der Waals surface area contributed by atoms with Crippen LogP contribution in [0, 0.1) is 5.92 Å². The molecule has 0 unspecified atom stereocenters. The van der Waals surface area contributed by atoms with Crippen LogP contribution in [0.25, 0.3) is 0 Å². The summed E-state index contributed by atoms with van der Waals surface area (Å²) in [6.45, 7) is 3.15. The second-order valence-corrected chi connectivity index (χ2v) is 6.37. The highest BCUT2D eigenvalue weighted by Gasteiger charge is 2.33. The summed E-state index contributed by atoms with van der Waals surface area (Å²) in [5.74, 6) is -0.568. The van der Waals surface area contributed by atoms with Crippen LogP contribution in [0.1, 0.15) is 31.4 Å². The molecule has 1 aliphatic rings. The number of esters is 1. The van der Waals surface area contributed by atoms with E-state index < -0.39 is 6.04 Å². The van der Waals surface area contributed by atoms with E-state index in [9.17, 15) is 9.59 Å². The first-order valence-electron chi connectivity index (χ1n) is 8.91. The molecular formula is C18H23N5O3. The standard InChI is InChI=1S/C18H23N5O3/c1-2-26-18(25)15-9-6-10-22(12-15)17(24)16(23-13-19-20-21-23)11-14-7-4-3-5-8-14/h3-5,7-8,13,15-16H,2,6,9-12H2,1H3/t15-,16+/m0/s1. The fourth-order valence-electron chi connectivity index (χ4n) is 3.28. The van der Waals surface area contributed by atoms with Gasteiger partial charge in [-0.3, -0.25) is 9.59 Å². The second-order valence-electron chi connectivity index (χ2n) is 6.37. The Morgan fingerprint density at radius 2 is 2.12 bits per heavy atom. The monoisotopic (exact) mass is 357 g/mol. The van der Waals surface area contributed by atoms with Crippen LogP contribution < -0.4 is 0 Å². The zero-order valence-corrected chi connectivity index (χ0v) is 14.8. The number of aromatic nitrogens is 4. The minimum Gasteiger partial charge on any atom is -0.466 e. The number of carbonyl (C=O) groups is 2. The number of hydrogen-bond acceptors (Lipinski definition) is 6. The number of tetrazole rings is 1. The third-order valence-electron chi connectivity index (χ3n) is 4.59. The zero-order valence-electron chi connectivity index (χ0n) is 14.8. The largest absolute Gasteiger partial charge is 0.466 e. The average Bonchev–Trinajstić information content (AvgIpc) is 3.21. The fraction of sp³-hybridized carbons (Fsp3) is 0.500. The molecular weight excluding hydrogens is 334 g/mol. The summed E-state index contributed by atoms with van der Waals surface area (Å²) < 4.78 is 6.61. The molecule has 1 amide bonds. The highest BCUT2D eigenvalue weighted by Crippen LogP contribution is 2.23. The fourth-order valence-corrected chi connectivity index (χ4v) is 3.28. The number of nitrogens with zero attached hydrogens (tertiary/aromatic N) is 5. The second kappa shape index (κ2) is 8.55. The van der Waals surface area contributed by atoms with Crippen molar-refractivity contribution in [3.05, 3.63) is 42.2 Å². The summed E-state index contributed by atoms with van der Waals surface area (Å²) in [6, 6.07) is 9.23. The van der Waals surface area contributed by atoms with Crippen LogP contribution in [0.15, 0.2) is 36.7 Å². The van der Waals surface area contributed by atoms with E-state index in [1.165, 1.54) is 11.0 Å². The van der Waals surface area contributed by atoms with Crippen LogP contribution in [-0.2, 0) is 20.7 Å². The molecule has 0 spiro atoms. The smallest absolute Gasteiger partial charge is 0.310 e. The van der Waals surface area contributed by atoms with Gasteiger partial charge in [0.25, 0.3) is 0 Å². The number of ether oxygens (including phenoxy) is 1. The predicted molar refractivity (Wildman–Crippen MR) is 92.9 cm³/mol. The molecule has 0 N–H and O–H groups in total. The first kappa shape index (κ1) is 18.0. The van der Waals surface area contributed by atoms with E-state index in [1.807, 2.05) is 30.3 Å². The van der Waals surface area contributed by atoms with Gasteiger partial charge in [0.1, 0.15) is 12.4 Å².